The molecule has 0 atom stereocenters. The summed E-state index contributed by atoms with van der Waals surface area (Å²) in [6.45, 7) is 1.23. The lowest BCUT2D eigenvalue weighted by Gasteiger charge is -2.24. The van der Waals surface area contributed by atoms with Gasteiger partial charge in [-0.3, -0.25) is 4.79 Å². The van der Waals surface area contributed by atoms with Crippen molar-refractivity contribution in [1.29, 1.82) is 0 Å². The summed E-state index contributed by atoms with van der Waals surface area (Å²) in [7, 11) is 0. The Bertz CT molecular complexity index is 842. The molecular formula is C18H19F3N4O2S. The molecule has 3 heterocycles. The normalized spacial score (nSPS) is 15.4. The highest BCUT2D eigenvalue weighted by atomic mass is 32.2. The fraction of sp³-hybridized carbons (Fsp3) is 0.444. The number of thioether (sulfide) groups is 1. The Hall–Kier alpha value is -2.20. The van der Waals surface area contributed by atoms with Crippen LogP contribution in [0.4, 0.5) is 13.2 Å². The van der Waals surface area contributed by atoms with Gasteiger partial charge in [0, 0.05) is 18.2 Å². The van der Waals surface area contributed by atoms with E-state index in [0.29, 0.717) is 16.4 Å². The smallest absolute Gasteiger partial charge is 0.433 e. The second-order valence-corrected chi connectivity index (χ2v) is 7.02. The van der Waals surface area contributed by atoms with Crippen molar-refractivity contribution in [3.8, 4) is 5.88 Å². The SMILES string of the molecule is CSc1ncc(C(=O)COc2cccc(C(F)(F)F)n2)c(C2CCNCC2)n1. The Morgan fingerprint density at radius 3 is 2.71 bits per heavy atom. The summed E-state index contributed by atoms with van der Waals surface area (Å²) in [6.07, 6.45) is 0.447. The van der Waals surface area contributed by atoms with Gasteiger partial charge in [0.2, 0.25) is 11.7 Å². The molecule has 3 rings (SSSR count). The number of piperidine rings is 1. The minimum atomic E-state index is -4.58. The van der Waals surface area contributed by atoms with Crippen molar-refractivity contribution in [1.82, 2.24) is 20.3 Å². The highest BCUT2D eigenvalue weighted by molar-refractivity contribution is 7.98. The maximum Gasteiger partial charge on any atom is 0.433 e. The number of Topliss-reactive ketones (excluding diaryl/α,β-unsaturated/α-hetero) is 1. The number of carbonyl (C=O) groups excluding carboxylic acids is 1. The van der Waals surface area contributed by atoms with Gasteiger partial charge in [-0.15, -0.1) is 0 Å². The van der Waals surface area contributed by atoms with Crippen molar-refractivity contribution in [2.75, 3.05) is 26.0 Å². The van der Waals surface area contributed by atoms with Gasteiger partial charge in [-0.1, -0.05) is 17.8 Å². The van der Waals surface area contributed by atoms with E-state index in [9.17, 15) is 18.0 Å². The molecule has 1 saturated heterocycles. The number of alkyl halides is 3. The summed E-state index contributed by atoms with van der Waals surface area (Å²) in [5.41, 5.74) is -0.0522. The molecule has 1 fully saturated rings. The van der Waals surface area contributed by atoms with Crippen LogP contribution in [0.5, 0.6) is 5.88 Å². The van der Waals surface area contributed by atoms with Gasteiger partial charge in [-0.25, -0.2) is 15.0 Å². The molecule has 0 radical (unpaired) electrons. The number of hydrogen-bond acceptors (Lipinski definition) is 7. The van der Waals surface area contributed by atoms with E-state index in [-0.39, 0.29) is 17.6 Å². The summed E-state index contributed by atoms with van der Waals surface area (Å²) >= 11 is 1.38. The fourth-order valence-corrected chi connectivity index (χ4v) is 3.32. The Morgan fingerprint density at radius 2 is 2.04 bits per heavy atom. The van der Waals surface area contributed by atoms with Crippen molar-refractivity contribution in [3.63, 3.8) is 0 Å². The lowest BCUT2D eigenvalue weighted by Crippen LogP contribution is -2.28. The van der Waals surface area contributed by atoms with Gasteiger partial charge in [-0.05, 0) is 38.3 Å². The van der Waals surface area contributed by atoms with E-state index < -0.39 is 18.5 Å². The van der Waals surface area contributed by atoms with E-state index in [1.165, 1.54) is 30.1 Å². The Morgan fingerprint density at radius 1 is 1.29 bits per heavy atom. The van der Waals surface area contributed by atoms with Crippen LogP contribution in [0.2, 0.25) is 0 Å². The zero-order valence-corrected chi connectivity index (χ0v) is 15.9. The second kappa shape index (κ2) is 8.87. The summed E-state index contributed by atoms with van der Waals surface area (Å²) in [5.74, 6) is -0.519. The molecular weight excluding hydrogens is 393 g/mol. The summed E-state index contributed by atoms with van der Waals surface area (Å²) < 4.78 is 43.5. The van der Waals surface area contributed by atoms with E-state index in [1.807, 2.05) is 6.26 Å². The van der Waals surface area contributed by atoms with Crippen LogP contribution >= 0.6 is 11.8 Å². The highest BCUT2D eigenvalue weighted by Gasteiger charge is 2.32. The Labute approximate surface area is 164 Å². The first-order valence-electron chi connectivity index (χ1n) is 8.70. The first-order valence-corrected chi connectivity index (χ1v) is 9.93. The predicted molar refractivity (Wildman–Crippen MR) is 97.7 cm³/mol. The van der Waals surface area contributed by atoms with Crippen LogP contribution in [0, 0.1) is 0 Å². The number of ketones is 1. The van der Waals surface area contributed by atoms with Gasteiger partial charge in [0.15, 0.2) is 11.8 Å². The van der Waals surface area contributed by atoms with Crippen molar-refractivity contribution in [2.45, 2.75) is 30.1 Å². The van der Waals surface area contributed by atoms with Crippen molar-refractivity contribution >= 4 is 17.5 Å². The van der Waals surface area contributed by atoms with Crippen LogP contribution in [0.3, 0.4) is 0 Å². The number of halogens is 3. The third-order valence-corrected chi connectivity index (χ3v) is 4.93. The average Bonchev–Trinajstić information content (AvgIpc) is 2.72. The molecule has 2 aromatic heterocycles. The van der Waals surface area contributed by atoms with Crippen LogP contribution < -0.4 is 10.1 Å². The summed E-state index contributed by atoms with van der Waals surface area (Å²) in [6, 6.07) is 3.31. The van der Waals surface area contributed by atoms with E-state index in [4.69, 9.17) is 4.74 Å². The zero-order chi connectivity index (χ0) is 20.1. The molecule has 0 aromatic carbocycles. The third-order valence-electron chi connectivity index (χ3n) is 4.37. The number of aromatic nitrogens is 3. The van der Waals surface area contributed by atoms with E-state index in [1.54, 1.807) is 0 Å². The lowest BCUT2D eigenvalue weighted by atomic mass is 9.91. The van der Waals surface area contributed by atoms with Crippen molar-refractivity contribution in [3.05, 3.63) is 41.3 Å². The molecule has 0 aliphatic carbocycles. The number of nitrogens with zero attached hydrogens (tertiary/aromatic N) is 3. The standard InChI is InChI=1S/C18H19F3N4O2S/c1-28-17-23-9-12(16(25-17)11-5-7-22-8-6-11)13(26)10-27-15-4-2-3-14(24-15)18(19,20)21/h2-4,9,11,22H,5-8,10H2,1H3. The monoisotopic (exact) mass is 412 g/mol. The molecule has 1 aliphatic rings. The minimum absolute atomic E-state index is 0.126. The number of nitrogens with one attached hydrogen (secondary N) is 1. The van der Waals surface area contributed by atoms with Crippen LogP contribution in [0.25, 0.3) is 0 Å². The topological polar surface area (TPSA) is 77.0 Å². The van der Waals surface area contributed by atoms with Crippen LogP contribution in [0.15, 0.2) is 29.6 Å². The Balaban J connectivity index is 1.77. The van der Waals surface area contributed by atoms with Gasteiger partial charge in [0.1, 0.15) is 5.69 Å². The molecule has 1 aliphatic heterocycles. The molecule has 10 heteroatoms. The van der Waals surface area contributed by atoms with E-state index >= 15 is 0 Å². The molecule has 6 nitrogen and oxygen atoms in total. The lowest BCUT2D eigenvalue weighted by molar-refractivity contribution is -0.141. The van der Waals surface area contributed by atoms with Gasteiger partial charge in [0.25, 0.3) is 0 Å². The predicted octanol–water partition coefficient (Wildman–Crippen LogP) is 3.34. The van der Waals surface area contributed by atoms with Gasteiger partial charge in [0.05, 0.1) is 11.3 Å². The molecule has 0 unspecified atom stereocenters. The zero-order valence-electron chi connectivity index (χ0n) is 15.1. The quantitative estimate of drug-likeness (QED) is 0.443. The third kappa shape index (κ3) is 4.99. The van der Waals surface area contributed by atoms with Crippen LogP contribution in [-0.2, 0) is 6.18 Å². The number of rotatable bonds is 6. The van der Waals surface area contributed by atoms with E-state index in [0.717, 1.165) is 32.0 Å². The molecule has 0 spiro atoms. The van der Waals surface area contributed by atoms with Gasteiger partial charge in [-0.2, -0.15) is 13.2 Å². The molecule has 0 amide bonds. The highest BCUT2D eigenvalue weighted by Crippen LogP contribution is 2.29. The van der Waals surface area contributed by atoms with Crippen LogP contribution in [0.1, 0.15) is 40.5 Å². The molecule has 28 heavy (non-hydrogen) atoms. The summed E-state index contributed by atoms with van der Waals surface area (Å²) in [4.78, 5) is 24.8. The molecule has 2 aromatic rings. The van der Waals surface area contributed by atoms with Gasteiger partial charge >= 0.3 is 6.18 Å². The molecule has 1 N–H and O–H groups in total. The fourth-order valence-electron chi connectivity index (χ4n) is 2.97. The number of carbonyl (C=O) groups is 1. The maximum atomic E-state index is 12.8. The van der Waals surface area contributed by atoms with Gasteiger partial charge < -0.3 is 10.1 Å². The maximum absolute atomic E-state index is 12.8. The largest absolute Gasteiger partial charge is 0.469 e. The second-order valence-electron chi connectivity index (χ2n) is 6.25. The number of pyridine rings is 1. The van der Waals surface area contributed by atoms with Crippen molar-refractivity contribution in [2.24, 2.45) is 0 Å². The average molecular weight is 412 g/mol. The molecule has 0 saturated carbocycles. The minimum Gasteiger partial charge on any atom is -0.469 e. The first-order chi connectivity index (χ1) is 13.4. The van der Waals surface area contributed by atoms with Crippen LogP contribution in [-0.4, -0.2) is 46.7 Å². The molecule has 0 bridgehead atoms. The van der Waals surface area contributed by atoms with Crippen molar-refractivity contribution < 1.29 is 22.7 Å². The number of ether oxygens (including phenoxy) is 1. The number of hydrogen-bond donors (Lipinski definition) is 1. The molecule has 150 valence electrons. The van der Waals surface area contributed by atoms with E-state index in [2.05, 4.69) is 20.3 Å². The summed E-state index contributed by atoms with van der Waals surface area (Å²) in [5, 5.41) is 3.84. The first kappa shape index (κ1) is 20.5. The Kier molecular flexibility index (Phi) is 6.50.